The van der Waals surface area contributed by atoms with Gasteiger partial charge in [-0.1, -0.05) is 18.2 Å². The molecule has 6 heteroatoms. The average molecular weight is 329 g/mol. The Morgan fingerprint density at radius 2 is 2.00 bits per heavy atom. The summed E-state index contributed by atoms with van der Waals surface area (Å²) in [7, 11) is 1.71. The minimum atomic E-state index is -0.242. The average Bonchev–Trinajstić information content (AvgIpc) is 3.07. The van der Waals surface area contributed by atoms with Gasteiger partial charge < -0.3 is 15.4 Å². The number of rotatable bonds is 7. The summed E-state index contributed by atoms with van der Waals surface area (Å²) in [5.74, 6) is 0.773. The zero-order chi connectivity index (χ0) is 17.4. The first kappa shape index (κ1) is 18.0. The summed E-state index contributed by atoms with van der Waals surface area (Å²) in [5.41, 5.74) is 1.86. The molecule has 1 aromatic carbocycles. The zero-order valence-electron chi connectivity index (χ0n) is 14.9. The number of para-hydroxylation sites is 1. The van der Waals surface area contributed by atoms with Gasteiger partial charge in [0.05, 0.1) is 24.0 Å². The van der Waals surface area contributed by atoms with E-state index in [2.05, 4.69) is 20.7 Å². The standard InChI is InChI=1S/C18H27N5O/c1-5-19-17(21-14-18(2,3)24-4)20-11-15-12-22-23(13-15)16-9-7-6-8-10-16/h6-10,12-13H,5,11,14H2,1-4H3,(H2,19,20,21). The monoisotopic (exact) mass is 329 g/mol. The third kappa shape index (κ3) is 5.38. The SMILES string of the molecule is CCNC(=NCc1cnn(-c2ccccc2)c1)NCC(C)(C)OC. The highest BCUT2D eigenvalue weighted by Gasteiger charge is 2.16. The Bertz CT molecular complexity index is 648. The predicted octanol–water partition coefficient (Wildman–Crippen LogP) is 2.35. The number of hydrogen-bond acceptors (Lipinski definition) is 3. The van der Waals surface area contributed by atoms with Crippen molar-refractivity contribution in [3.05, 3.63) is 48.3 Å². The van der Waals surface area contributed by atoms with Gasteiger partial charge in [-0.3, -0.25) is 0 Å². The molecule has 0 aliphatic heterocycles. The van der Waals surface area contributed by atoms with E-state index in [4.69, 9.17) is 4.74 Å². The van der Waals surface area contributed by atoms with Gasteiger partial charge in [0.1, 0.15) is 0 Å². The number of nitrogens with one attached hydrogen (secondary N) is 2. The molecule has 0 fully saturated rings. The first-order chi connectivity index (χ1) is 11.5. The second kappa shape index (κ2) is 8.49. The van der Waals surface area contributed by atoms with Crippen LogP contribution in [-0.2, 0) is 11.3 Å². The van der Waals surface area contributed by atoms with E-state index in [0.29, 0.717) is 13.1 Å². The fourth-order valence-electron chi connectivity index (χ4n) is 2.04. The van der Waals surface area contributed by atoms with Gasteiger partial charge in [-0.05, 0) is 32.9 Å². The molecule has 0 aliphatic carbocycles. The molecular weight excluding hydrogens is 302 g/mol. The van der Waals surface area contributed by atoms with Crippen LogP contribution in [-0.4, -0.2) is 41.5 Å². The number of aliphatic imine (C=N–C) groups is 1. The Kier molecular flexibility index (Phi) is 6.37. The quantitative estimate of drug-likeness (QED) is 0.605. The molecular formula is C18H27N5O. The lowest BCUT2D eigenvalue weighted by molar-refractivity contribution is 0.0268. The van der Waals surface area contributed by atoms with Gasteiger partial charge in [-0.25, -0.2) is 9.67 Å². The zero-order valence-corrected chi connectivity index (χ0v) is 14.9. The van der Waals surface area contributed by atoms with Gasteiger partial charge in [-0.2, -0.15) is 5.10 Å². The van der Waals surface area contributed by atoms with Crippen LogP contribution in [0.1, 0.15) is 26.3 Å². The Morgan fingerprint density at radius 3 is 2.67 bits per heavy atom. The van der Waals surface area contributed by atoms with E-state index in [-0.39, 0.29) is 5.60 Å². The third-order valence-electron chi connectivity index (χ3n) is 3.65. The molecule has 24 heavy (non-hydrogen) atoms. The number of nitrogens with zero attached hydrogens (tertiary/aromatic N) is 3. The van der Waals surface area contributed by atoms with E-state index in [1.165, 1.54) is 0 Å². The van der Waals surface area contributed by atoms with Crippen LogP contribution >= 0.6 is 0 Å². The number of aromatic nitrogens is 2. The van der Waals surface area contributed by atoms with Gasteiger partial charge in [0, 0.05) is 32.0 Å². The molecule has 2 rings (SSSR count). The highest BCUT2D eigenvalue weighted by molar-refractivity contribution is 5.79. The summed E-state index contributed by atoms with van der Waals surface area (Å²) < 4.78 is 7.28. The lowest BCUT2D eigenvalue weighted by atomic mass is 10.1. The predicted molar refractivity (Wildman–Crippen MR) is 97.5 cm³/mol. The highest BCUT2D eigenvalue weighted by Crippen LogP contribution is 2.08. The molecule has 0 aliphatic rings. The Balaban J connectivity index is 2.00. The van der Waals surface area contributed by atoms with E-state index >= 15 is 0 Å². The third-order valence-corrected chi connectivity index (χ3v) is 3.65. The molecule has 0 spiro atoms. The van der Waals surface area contributed by atoms with Crippen LogP contribution in [0.15, 0.2) is 47.7 Å². The summed E-state index contributed by atoms with van der Waals surface area (Å²) in [4.78, 5) is 4.61. The van der Waals surface area contributed by atoms with Crippen molar-refractivity contribution in [3.8, 4) is 5.69 Å². The van der Waals surface area contributed by atoms with E-state index in [1.54, 1.807) is 7.11 Å². The summed E-state index contributed by atoms with van der Waals surface area (Å²) >= 11 is 0. The van der Waals surface area contributed by atoms with Crippen molar-refractivity contribution in [2.75, 3.05) is 20.2 Å². The molecule has 0 atom stereocenters. The molecule has 1 heterocycles. The molecule has 0 saturated heterocycles. The molecule has 0 saturated carbocycles. The summed E-state index contributed by atoms with van der Waals surface area (Å²) in [6.07, 6.45) is 3.85. The van der Waals surface area contributed by atoms with Crippen molar-refractivity contribution in [1.29, 1.82) is 0 Å². The molecule has 2 aromatic rings. The molecule has 130 valence electrons. The van der Waals surface area contributed by atoms with Gasteiger partial charge in [0.25, 0.3) is 0 Å². The van der Waals surface area contributed by atoms with Crippen LogP contribution in [0.5, 0.6) is 0 Å². The van der Waals surface area contributed by atoms with Crippen LogP contribution in [0.3, 0.4) is 0 Å². The molecule has 6 nitrogen and oxygen atoms in total. The second-order valence-electron chi connectivity index (χ2n) is 6.14. The van der Waals surface area contributed by atoms with Crippen LogP contribution in [0.25, 0.3) is 5.69 Å². The molecule has 2 N–H and O–H groups in total. The van der Waals surface area contributed by atoms with Crippen LogP contribution in [0.4, 0.5) is 0 Å². The lowest BCUT2D eigenvalue weighted by Gasteiger charge is -2.24. The maximum atomic E-state index is 5.42. The first-order valence-corrected chi connectivity index (χ1v) is 8.20. The molecule has 1 aromatic heterocycles. The normalized spacial score (nSPS) is 12.2. The maximum absolute atomic E-state index is 5.42. The molecule has 0 radical (unpaired) electrons. The fourth-order valence-corrected chi connectivity index (χ4v) is 2.04. The minimum Gasteiger partial charge on any atom is -0.377 e. The van der Waals surface area contributed by atoms with Crippen molar-refractivity contribution in [2.45, 2.75) is 32.9 Å². The van der Waals surface area contributed by atoms with Gasteiger partial charge in [-0.15, -0.1) is 0 Å². The van der Waals surface area contributed by atoms with Crippen LogP contribution in [0.2, 0.25) is 0 Å². The minimum absolute atomic E-state index is 0.242. The molecule has 0 bridgehead atoms. The summed E-state index contributed by atoms with van der Waals surface area (Å²) in [5, 5.41) is 10.9. The van der Waals surface area contributed by atoms with E-state index < -0.39 is 0 Å². The topological polar surface area (TPSA) is 63.5 Å². The number of ether oxygens (including phenoxy) is 1. The van der Waals surface area contributed by atoms with E-state index in [0.717, 1.165) is 23.8 Å². The maximum Gasteiger partial charge on any atom is 0.191 e. The van der Waals surface area contributed by atoms with Gasteiger partial charge in [0.2, 0.25) is 0 Å². The van der Waals surface area contributed by atoms with Crippen molar-refractivity contribution in [2.24, 2.45) is 4.99 Å². The van der Waals surface area contributed by atoms with Crippen molar-refractivity contribution in [1.82, 2.24) is 20.4 Å². The number of hydrogen-bond donors (Lipinski definition) is 2. The smallest absolute Gasteiger partial charge is 0.191 e. The van der Waals surface area contributed by atoms with Crippen LogP contribution in [0, 0.1) is 0 Å². The van der Waals surface area contributed by atoms with Gasteiger partial charge in [0.15, 0.2) is 5.96 Å². The first-order valence-electron chi connectivity index (χ1n) is 8.20. The second-order valence-corrected chi connectivity index (χ2v) is 6.14. The summed E-state index contributed by atoms with van der Waals surface area (Å²) in [6.45, 7) is 8.17. The fraction of sp³-hybridized carbons (Fsp3) is 0.444. The largest absolute Gasteiger partial charge is 0.377 e. The van der Waals surface area contributed by atoms with Crippen molar-refractivity contribution < 1.29 is 4.74 Å². The summed E-state index contributed by atoms with van der Waals surface area (Å²) in [6, 6.07) is 10.0. The van der Waals surface area contributed by atoms with Crippen molar-refractivity contribution >= 4 is 5.96 Å². The molecule has 0 unspecified atom stereocenters. The Labute approximate surface area is 143 Å². The van der Waals surface area contributed by atoms with E-state index in [9.17, 15) is 0 Å². The van der Waals surface area contributed by atoms with Crippen molar-refractivity contribution in [3.63, 3.8) is 0 Å². The molecule has 0 amide bonds. The highest BCUT2D eigenvalue weighted by atomic mass is 16.5. The Morgan fingerprint density at radius 1 is 1.25 bits per heavy atom. The number of guanidine groups is 1. The van der Waals surface area contributed by atoms with Gasteiger partial charge >= 0.3 is 0 Å². The Hall–Kier alpha value is -2.34. The number of benzene rings is 1. The van der Waals surface area contributed by atoms with E-state index in [1.807, 2.05) is 68.2 Å². The lowest BCUT2D eigenvalue weighted by Crippen LogP contribution is -2.45. The van der Waals surface area contributed by atoms with Crippen LogP contribution < -0.4 is 10.6 Å². The number of methoxy groups -OCH3 is 1.